The third-order valence-electron chi connectivity index (χ3n) is 5.31. The summed E-state index contributed by atoms with van der Waals surface area (Å²) in [5.41, 5.74) is 2.15. The second kappa shape index (κ2) is 6.17. The van der Waals surface area contributed by atoms with Gasteiger partial charge in [-0.05, 0) is 30.7 Å². The molecule has 2 aliphatic heterocycles. The van der Waals surface area contributed by atoms with Gasteiger partial charge in [0, 0.05) is 50.0 Å². The van der Waals surface area contributed by atoms with Gasteiger partial charge in [0.1, 0.15) is 5.65 Å². The molecule has 0 bridgehead atoms. The van der Waals surface area contributed by atoms with E-state index in [0.717, 1.165) is 54.7 Å². The lowest BCUT2D eigenvalue weighted by Crippen LogP contribution is -2.47. The van der Waals surface area contributed by atoms with Crippen molar-refractivity contribution in [3.63, 3.8) is 0 Å². The Morgan fingerprint density at radius 1 is 1.08 bits per heavy atom. The van der Waals surface area contributed by atoms with Gasteiger partial charge in [0.15, 0.2) is 11.5 Å². The lowest BCUT2D eigenvalue weighted by Gasteiger charge is -2.38. The number of aromatic nitrogens is 3. The molecule has 134 valence electrons. The number of anilines is 1. The number of nitrogens with zero attached hydrogens (tertiary/aromatic N) is 4. The van der Waals surface area contributed by atoms with E-state index < -0.39 is 0 Å². The summed E-state index contributed by atoms with van der Waals surface area (Å²) in [7, 11) is 0. The van der Waals surface area contributed by atoms with E-state index in [0.29, 0.717) is 12.8 Å². The molecule has 5 rings (SSSR count). The Balaban J connectivity index is 1.27. The molecule has 0 amide bonds. The largest absolute Gasteiger partial charge is 0.454 e. The van der Waals surface area contributed by atoms with Crippen LogP contribution in [0.2, 0.25) is 0 Å². The van der Waals surface area contributed by atoms with Crippen LogP contribution in [0.1, 0.15) is 18.5 Å². The SMILES string of the molecule is CC(c1ccc2c(c1)OCO2)N1CCN(c2ncc3cc[nH]c3n2)CC1. The summed E-state index contributed by atoms with van der Waals surface area (Å²) in [6, 6.07) is 8.56. The topological polar surface area (TPSA) is 66.5 Å². The predicted octanol–water partition coefficient (Wildman–Crippen LogP) is 2.57. The molecule has 0 radical (unpaired) electrons. The molecule has 2 aliphatic rings. The van der Waals surface area contributed by atoms with E-state index in [-0.39, 0.29) is 0 Å². The van der Waals surface area contributed by atoms with Crippen LogP contribution < -0.4 is 14.4 Å². The van der Waals surface area contributed by atoms with Gasteiger partial charge < -0.3 is 19.4 Å². The maximum Gasteiger partial charge on any atom is 0.231 e. The summed E-state index contributed by atoms with van der Waals surface area (Å²) in [6.45, 7) is 6.34. The minimum atomic E-state index is 0.316. The average molecular weight is 351 g/mol. The smallest absolute Gasteiger partial charge is 0.231 e. The van der Waals surface area contributed by atoms with E-state index >= 15 is 0 Å². The molecular weight excluding hydrogens is 330 g/mol. The van der Waals surface area contributed by atoms with Crippen LogP contribution in [-0.2, 0) is 0 Å². The van der Waals surface area contributed by atoms with Crippen molar-refractivity contribution in [1.29, 1.82) is 0 Å². The van der Waals surface area contributed by atoms with Crippen molar-refractivity contribution in [3.8, 4) is 11.5 Å². The normalized spacial score (nSPS) is 18.4. The molecule has 0 aliphatic carbocycles. The quantitative estimate of drug-likeness (QED) is 0.782. The van der Waals surface area contributed by atoms with Crippen LogP contribution in [-0.4, -0.2) is 52.8 Å². The molecule has 2 aromatic heterocycles. The summed E-state index contributed by atoms with van der Waals surface area (Å²) in [5.74, 6) is 2.48. The number of rotatable bonds is 3. The number of aromatic amines is 1. The minimum absolute atomic E-state index is 0.316. The Bertz CT molecular complexity index is 933. The molecule has 1 N–H and O–H groups in total. The van der Waals surface area contributed by atoms with Crippen LogP contribution in [0.3, 0.4) is 0 Å². The summed E-state index contributed by atoms with van der Waals surface area (Å²) >= 11 is 0. The fraction of sp³-hybridized carbons (Fsp3) is 0.368. The fourth-order valence-corrected chi connectivity index (χ4v) is 3.68. The summed E-state index contributed by atoms with van der Waals surface area (Å²) in [4.78, 5) is 17.1. The van der Waals surface area contributed by atoms with E-state index in [1.165, 1.54) is 5.56 Å². The third-order valence-corrected chi connectivity index (χ3v) is 5.31. The van der Waals surface area contributed by atoms with E-state index in [2.05, 4.69) is 43.8 Å². The lowest BCUT2D eigenvalue weighted by molar-refractivity contribution is 0.173. The van der Waals surface area contributed by atoms with Crippen LogP contribution in [0.4, 0.5) is 5.95 Å². The number of hydrogen-bond donors (Lipinski definition) is 1. The van der Waals surface area contributed by atoms with E-state index in [4.69, 9.17) is 9.47 Å². The zero-order chi connectivity index (χ0) is 17.5. The molecule has 1 fully saturated rings. The molecule has 0 saturated carbocycles. The predicted molar refractivity (Wildman–Crippen MR) is 98.7 cm³/mol. The number of ether oxygens (including phenoxy) is 2. The number of hydrogen-bond acceptors (Lipinski definition) is 6. The first-order chi connectivity index (χ1) is 12.8. The minimum Gasteiger partial charge on any atom is -0.454 e. The van der Waals surface area contributed by atoms with Crippen molar-refractivity contribution in [1.82, 2.24) is 19.9 Å². The average Bonchev–Trinajstić information content (AvgIpc) is 3.35. The van der Waals surface area contributed by atoms with Crippen molar-refractivity contribution in [2.45, 2.75) is 13.0 Å². The molecule has 3 aromatic rings. The van der Waals surface area contributed by atoms with Crippen LogP contribution in [0.15, 0.2) is 36.7 Å². The van der Waals surface area contributed by atoms with Crippen molar-refractivity contribution < 1.29 is 9.47 Å². The standard InChI is InChI=1S/C19H21N5O2/c1-13(14-2-3-16-17(10-14)26-12-25-16)23-6-8-24(9-7-23)19-21-11-15-4-5-20-18(15)22-19/h2-5,10-11,13H,6-9,12H2,1H3,(H,20,21,22). The van der Waals surface area contributed by atoms with Gasteiger partial charge in [-0.1, -0.05) is 6.07 Å². The Hall–Kier alpha value is -2.80. The maximum absolute atomic E-state index is 5.51. The van der Waals surface area contributed by atoms with Gasteiger partial charge in [-0.15, -0.1) is 0 Å². The monoisotopic (exact) mass is 351 g/mol. The Labute approximate surface area is 151 Å². The highest BCUT2D eigenvalue weighted by Gasteiger charge is 2.25. The van der Waals surface area contributed by atoms with Gasteiger partial charge in [0.2, 0.25) is 12.7 Å². The molecule has 1 unspecified atom stereocenters. The summed E-state index contributed by atoms with van der Waals surface area (Å²) in [6.07, 6.45) is 3.78. The highest BCUT2D eigenvalue weighted by atomic mass is 16.7. The van der Waals surface area contributed by atoms with Gasteiger partial charge in [-0.3, -0.25) is 4.90 Å². The van der Waals surface area contributed by atoms with Gasteiger partial charge in [-0.25, -0.2) is 4.98 Å². The first kappa shape index (κ1) is 15.5. The Kier molecular flexibility index (Phi) is 3.67. The highest BCUT2D eigenvalue weighted by Crippen LogP contribution is 2.35. The third kappa shape index (κ3) is 2.64. The summed E-state index contributed by atoms with van der Waals surface area (Å²) < 4.78 is 10.9. The molecular formula is C19H21N5O2. The van der Waals surface area contributed by atoms with Gasteiger partial charge in [0.05, 0.1) is 0 Å². The van der Waals surface area contributed by atoms with Crippen molar-refractivity contribution in [2.75, 3.05) is 37.9 Å². The Morgan fingerprint density at radius 3 is 2.81 bits per heavy atom. The fourth-order valence-electron chi connectivity index (χ4n) is 3.68. The molecule has 26 heavy (non-hydrogen) atoms. The molecule has 1 atom stereocenters. The zero-order valence-electron chi connectivity index (χ0n) is 14.7. The van der Waals surface area contributed by atoms with Gasteiger partial charge >= 0.3 is 0 Å². The number of H-pyrrole nitrogens is 1. The number of benzene rings is 1. The number of nitrogens with one attached hydrogen (secondary N) is 1. The van der Waals surface area contributed by atoms with Crippen molar-refractivity contribution >= 4 is 17.0 Å². The highest BCUT2D eigenvalue weighted by molar-refractivity contribution is 5.75. The maximum atomic E-state index is 5.51. The van der Waals surface area contributed by atoms with E-state index in [1.807, 2.05) is 24.5 Å². The number of piperazine rings is 1. The molecule has 7 heteroatoms. The van der Waals surface area contributed by atoms with Crippen LogP contribution >= 0.6 is 0 Å². The van der Waals surface area contributed by atoms with Crippen molar-refractivity contribution in [2.24, 2.45) is 0 Å². The van der Waals surface area contributed by atoms with Crippen LogP contribution in [0.5, 0.6) is 11.5 Å². The van der Waals surface area contributed by atoms with Crippen LogP contribution in [0, 0.1) is 0 Å². The lowest BCUT2D eigenvalue weighted by atomic mass is 10.1. The molecule has 7 nitrogen and oxygen atoms in total. The molecule has 4 heterocycles. The second-order valence-electron chi connectivity index (χ2n) is 6.76. The van der Waals surface area contributed by atoms with Crippen LogP contribution in [0.25, 0.3) is 11.0 Å². The molecule has 1 saturated heterocycles. The molecule has 1 aromatic carbocycles. The molecule has 0 spiro atoms. The summed E-state index contributed by atoms with van der Waals surface area (Å²) in [5, 5.41) is 1.05. The second-order valence-corrected chi connectivity index (χ2v) is 6.76. The Morgan fingerprint density at radius 2 is 1.92 bits per heavy atom. The number of fused-ring (bicyclic) bond motifs is 2. The zero-order valence-corrected chi connectivity index (χ0v) is 14.7. The van der Waals surface area contributed by atoms with E-state index in [1.54, 1.807) is 0 Å². The van der Waals surface area contributed by atoms with Gasteiger partial charge in [-0.2, -0.15) is 4.98 Å². The van der Waals surface area contributed by atoms with Crippen molar-refractivity contribution in [3.05, 3.63) is 42.2 Å². The van der Waals surface area contributed by atoms with E-state index in [9.17, 15) is 0 Å². The first-order valence-corrected chi connectivity index (χ1v) is 8.96. The first-order valence-electron chi connectivity index (χ1n) is 8.96. The van der Waals surface area contributed by atoms with Gasteiger partial charge in [0.25, 0.3) is 0 Å².